The number of rotatable bonds is 3. The van der Waals surface area contributed by atoms with E-state index in [4.69, 9.17) is 14.3 Å². The van der Waals surface area contributed by atoms with Gasteiger partial charge in [0.15, 0.2) is 0 Å². The van der Waals surface area contributed by atoms with E-state index in [1.54, 1.807) is 7.11 Å². The maximum absolute atomic E-state index is 6.30. The molecule has 22 heavy (non-hydrogen) atoms. The molecule has 0 bridgehead atoms. The van der Waals surface area contributed by atoms with Crippen molar-refractivity contribution in [3.8, 4) is 5.75 Å². The Hall–Kier alpha value is -1.50. The first-order valence-corrected chi connectivity index (χ1v) is 7.85. The van der Waals surface area contributed by atoms with Gasteiger partial charge in [0.1, 0.15) is 11.4 Å². The van der Waals surface area contributed by atoms with E-state index in [9.17, 15) is 0 Å². The Morgan fingerprint density at radius 1 is 1.23 bits per heavy atom. The van der Waals surface area contributed by atoms with Crippen LogP contribution >= 0.6 is 0 Å². The number of hydrogen-bond acceptors (Lipinski definition) is 6. The van der Waals surface area contributed by atoms with Gasteiger partial charge in [0, 0.05) is 44.2 Å². The fourth-order valence-electron chi connectivity index (χ4n) is 3.83. The molecule has 0 atom stereocenters. The van der Waals surface area contributed by atoms with E-state index in [0.29, 0.717) is 0 Å². The molecule has 0 unspecified atom stereocenters. The molecule has 0 amide bonds. The van der Waals surface area contributed by atoms with Crippen molar-refractivity contribution in [1.29, 1.82) is 0 Å². The first kappa shape index (κ1) is 14.1. The summed E-state index contributed by atoms with van der Waals surface area (Å²) in [7, 11) is 3.78. The Labute approximate surface area is 130 Å². The minimum absolute atomic E-state index is 0.00887. The number of morpholine rings is 1. The largest absolute Gasteiger partial charge is 0.484 e. The van der Waals surface area contributed by atoms with E-state index in [2.05, 4.69) is 34.5 Å². The number of hydrogen-bond donors (Lipinski definition) is 1. The topological polar surface area (TPSA) is 46.2 Å². The summed E-state index contributed by atoms with van der Waals surface area (Å²) in [6, 6.07) is 4.34. The molecule has 6 nitrogen and oxygen atoms in total. The van der Waals surface area contributed by atoms with Gasteiger partial charge in [-0.05, 0) is 13.1 Å². The highest BCUT2D eigenvalue weighted by molar-refractivity contribution is 5.74. The van der Waals surface area contributed by atoms with Gasteiger partial charge in [-0.15, -0.1) is 0 Å². The van der Waals surface area contributed by atoms with Crippen molar-refractivity contribution in [2.24, 2.45) is 0 Å². The minimum atomic E-state index is -0.00887. The lowest BCUT2D eigenvalue weighted by Crippen LogP contribution is -2.62. The number of likely N-dealkylation sites (N-methyl/N-ethyl adjacent to an activating group) is 1. The van der Waals surface area contributed by atoms with Crippen LogP contribution < -0.4 is 15.1 Å². The van der Waals surface area contributed by atoms with Crippen molar-refractivity contribution < 1.29 is 14.3 Å². The zero-order chi connectivity index (χ0) is 15.2. The number of fused-ring (bicyclic) bond motifs is 1. The monoisotopic (exact) mass is 305 g/mol. The van der Waals surface area contributed by atoms with Crippen LogP contribution in [-0.4, -0.2) is 64.1 Å². The maximum atomic E-state index is 6.30. The highest BCUT2D eigenvalue weighted by Crippen LogP contribution is 2.44. The number of benzene rings is 1. The first-order chi connectivity index (χ1) is 10.7. The number of nitrogens with one attached hydrogen (secondary N) is 1. The summed E-state index contributed by atoms with van der Waals surface area (Å²) in [6.07, 6.45) is 0.981. The number of likely N-dealkylation sites (tertiary alicyclic amines) is 1. The van der Waals surface area contributed by atoms with Crippen LogP contribution in [0.25, 0.3) is 0 Å². The lowest BCUT2D eigenvalue weighted by Gasteiger charge is -2.44. The van der Waals surface area contributed by atoms with Crippen LogP contribution in [0.15, 0.2) is 12.1 Å². The fraction of sp³-hybridized carbons (Fsp3) is 0.625. The van der Waals surface area contributed by atoms with E-state index >= 15 is 0 Å². The summed E-state index contributed by atoms with van der Waals surface area (Å²) in [5.74, 6) is 1.02. The lowest BCUT2D eigenvalue weighted by molar-refractivity contribution is -0.0481. The lowest BCUT2D eigenvalue weighted by atomic mass is 9.89. The third-order valence-electron chi connectivity index (χ3n) is 4.70. The summed E-state index contributed by atoms with van der Waals surface area (Å²) in [4.78, 5) is 9.79. The molecule has 1 aromatic carbocycles. The van der Waals surface area contributed by atoms with Crippen molar-refractivity contribution in [3.05, 3.63) is 17.7 Å². The summed E-state index contributed by atoms with van der Waals surface area (Å²) in [6.45, 7) is 5.32. The molecule has 120 valence electrons. The van der Waals surface area contributed by atoms with E-state index < -0.39 is 0 Å². The van der Waals surface area contributed by atoms with Crippen molar-refractivity contribution >= 4 is 11.4 Å². The zero-order valence-electron chi connectivity index (χ0n) is 13.2. The van der Waals surface area contributed by atoms with Crippen molar-refractivity contribution in [1.82, 2.24) is 4.90 Å². The Balaban J connectivity index is 1.64. The molecule has 2 fully saturated rings. The summed E-state index contributed by atoms with van der Waals surface area (Å²) >= 11 is 0. The first-order valence-electron chi connectivity index (χ1n) is 7.85. The van der Waals surface area contributed by atoms with Crippen LogP contribution in [0.3, 0.4) is 0 Å². The third-order valence-corrected chi connectivity index (χ3v) is 4.70. The molecule has 3 aliphatic rings. The van der Waals surface area contributed by atoms with Gasteiger partial charge in [0.25, 0.3) is 0 Å². The predicted molar refractivity (Wildman–Crippen MR) is 84.7 cm³/mol. The number of ether oxygens (including phenoxy) is 2. The average Bonchev–Trinajstić information content (AvgIpc) is 2.85. The number of nitrogens with zero attached hydrogens (tertiary/aromatic N) is 2. The summed E-state index contributed by atoms with van der Waals surface area (Å²) < 4.78 is 11.8. The van der Waals surface area contributed by atoms with Gasteiger partial charge < -0.3 is 14.4 Å². The Bertz CT molecular complexity index is 566. The second kappa shape index (κ2) is 5.30. The molecule has 6 heteroatoms. The van der Waals surface area contributed by atoms with Crippen molar-refractivity contribution in [2.75, 3.05) is 63.9 Å². The highest BCUT2D eigenvalue weighted by Gasteiger charge is 2.48. The molecule has 1 aromatic rings. The highest BCUT2D eigenvalue weighted by atomic mass is 16.6. The van der Waals surface area contributed by atoms with Gasteiger partial charge >= 0.3 is 0 Å². The summed E-state index contributed by atoms with van der Waals surface area (Å²) in [5, 5.41) is 0. The van der Waals surface area contributed by atoms with Gasteiger partial charge in [0.2, 0.25) is 0 Å². The van der Waals surface area contributed by atoms with Gasteiger partial charge in [-0.2, -0.15) is 0 Å². The fourth-order valence-corrected chi connectivity index (χ4v) is 3.83. The Kier molecular flexibility index (Phi) is 3.40. The van der Waals surface area contributed by atoms with E-state index in [-0.39, 0.29) is 5.60 Å². The maximum Gasteiger partial charge on any atom is 0.138 e. The molecule has 1 spiro atoms. The zero-order valence-corrected chi connectivity index (χ0v) is 13.2. The SMILES string of the molecule is CONc1cc2c(cc1N1CCOCC1)OC1(C2)CN(C)C1. The van der Waals surface area contributed by atoms with Gasteiger partial charge in [-0.1, -0.05) is 0 Å². The Morgan fingerprint density at radius 3 is 2.68 bits per heavy atom. The predicted octanol–water partition coefficient (Wildman–Crippen LogP) is 1.12. The van der Waals surface area contributed by atoms with Crippen molar-refractivity contribution in [3.63, 3.8) is 0 Å². The molecular weight excluding hydrogens is 282 g/mol. The molecule has 3 aliphatic heterocycles. The quantitative estimate of drug-likeness (QED) is 0.844. The summed E-state index contributed by atoms with van der Waals surface area (Å²) in [5.41, 5.74) is 6.43. The van der Waals surface area contributed by atoms with Crippen LogP contribution in [0.1, 0.15) is 5.56 Å². The average molecular weight is 305 g/mol. The van der Waals surface area contributed by atoms with Gasteiger partial charge in [-0.25, -0.2) is 0 Å². The molecule has 1 N–H and O–H groups in total. The Morgan fingerprint density at radius 2 is 2.00 bits per heavy atom. The van der Waals surface area contributed by atoms with Gasteiger partial charge in [-0.3, -0.25) is 15.2 Å². The van der Waals surface area contributed by atoms with Crippen molar-refractivity contribution in [2.45, 2.75) is 12.0 Å². The molecule has 2 saturated heterocycles. The molecule has 3 heterocycles. The van der Waals surface area contributed by atoms with E-state index in [1.807, 2.05) is 0 Å². The molecule has 0 radical (unpaired) electrons. The van der Waals surface area contributed by atoms with E-state index in [0.717, 1.165) is 62.9 Å². The molecule has 4 rings (SSSR count). The second-order valence-corrected chi connectivity index (χ2v) is 6.52. The number of anilines is 2. The molecule has 0 aromatic heterocycles. The normalized spacial score (nSPS) is 23.1. The standard InChI is InChI=1S/C16H23N3O3/c1-18-10-16(11-18)9-12-7-13(17-20-2)14(8-15(12)22-16)19-3-5-21-6-4-19/h7-8,17H,3-6,9-11H2,1-2H3. The van der Waals surface area contributed by atoms with Gasteiger partial charge in [0.05, 0.1) is 31.7 Å². The van der Waals surface area contributed by atoms with Crippen LogP contribution in [0.5, 0.6) is 5.75 Å². The minimum Gasteiger partial charge on any atom is -0.484 e. The molecule has 0 aliphatic carbocycles. The van der Waals surface area contributed by atoms with E-state index in [1.165, 1.54) is 5.56 Å². The smallest absolute Gasteiger partial charge is 0.138 e. The van der Waals surface area contributed by atoms with Crippen LogP contribution in [0, 0.1) is 0 Å². The van der Waals surface area contributed by atoms with Crippen LogP contribution in [0.2, 0.25) is 0 Å². The molecular formula is C16H23N3O3. The van der Waals surface area contributed by atoms with Crippen LogP contribution in [0.4, 0.5) is 11.4 Å². The third kappa shape index (κ3) is 2.31. The van der Waals surface area contributed by atoms with Crippen LogP contribution in [-0.2, 0) is 16.0 Å². The molecule has 0 saturated carbocycles. The second-order valence-electron chi connectivity index (χ2n) is 6.52.